The average Bonchev–Trinajstić information content (AvgIpc) is 0.811. The minimum Gasteiger partial charge on any atom is -2.00 e. The molecular formula is CHLaO4. The fourth-order valence-electron chi connectivity index (χ4n) is 0. The average molecular weight is 216 g/mol. The van der Waals surface area contributed by atoms with Crippen LogP contribution in [0.3, 0.4) is 0 Å². The largest absolute Gasteiger partial charge is 3.00 e. The van der Waals surface area contributed by atoms with Crippen LogP contribution in [0.2, 0.25) is 0 Å². The predicted molar refractivity (Wildman–Crippen MR) is 8.71 cm³/mol. The summed E-state index contributed by atoms with van der Waals surface area (Å²) >= 11 is 0. The normalized spacial score (nSPS) is 4.00. The Balaban J connectivity index is -0.0000000450. The molecule has 0 aliphatic heterocycles. The van der Waals surface area contributed by atoms with E-state index in [0.717, 1.165) is 0 Å². The van der Waals surface area contributed by atoms with Crippen LogP contribution in [0.25, 0.3) is 0 Å². The summed E-state index contributed by atoms with van der Waals surface area (Å²) in [7, 11) is 0. The molecule has 0 aromatic heterocycles. The van der Waals surface area contributed by atoms with Gasteiger partial charge in [0.1, 0.15) is 0 Å². The Morgan fingerprint density at radius 3 is 1.67 bits per heavy atom. The number of carbonyl (C=O) groups is 1. The molecule has 0 bridgehead atoms. The third-order valence-electron chi connectivity index (χ3n) is 0. The van der Waals surface area contributed by atoms with E-state index in [1.807, 2.05) is 0 Å². The van der Waals surface area contributed by atoms with Crippen LogP contribution in [0.15, 0.2) is 0 Å². The van der Waals surface area contributed by atoms with Crippen molar-refractivity contribution in [3.8, 4) is 0 Å². The van der Waals surface area contributed by atoms with Crippen LogP contribution in [0, 0.1) is 35.6 Å². The van der Waals surface area contributed by atoms with Gasteiger partial charge in [0.25, 0.3) is 0 Å². The maximum absolute atomic E-state index is 8.44. The SMILES string of the molecule is O=C([O-])O.[La+3].[O-2]. The molecule has 0 rings (SSSR count). The number of hydrogen-bond donors (Lipinski definition) is 1. The molecule has 0 aliphatic rings. The molecule has 0 atom stereocenters. The maximum Gasteiger partial charge on any atom is 3.00 e. The van der Waals surface area contributed by atoms with Crippen molar-refractivity contribution in [2.75, 3.05) is 0 Å². The number of rotatable bonds is 0. The summed E-state index contributed by atoms with van der Waals surface area (Å²) in [5.41, 5.74) is 0. The Hall–Kier alpha value is 0.425. The van der Waals surface area contributed by atoms with Gasteiger partial charge in [-0.2, -0.15) is 0 Å². The predicted octanol–water partition coefficient (Wildman–Crippen LogP) is -1.23. The molecule has 4 nitrogen and oxygen atoms in total. The van der Waals surface area contributed by atoms with Gasteiger partial charge in [0, 0.05) is 0 Å². The van der Waals surface area contributed by atoms with Gasteiger partial charge in [0.15, 0.2) is 0 Å². The Bertz CT molecular complexity index is 30.5. The van der Waals surface area contributed by atoms with E-state index >= 15 is 0 Å². The summed E-state index contributed by atoms with van der Waals surface area (Å²) in [6.45, 7) is 0. The summed E-state index contributed by atoms with van der Waals surface area (Å²) < 4.78 is 0. The molecule has 0 aliphatic carbocycles. The van der Waals surface area contributed by atoms with Gasteiger partial charge < -0.3 is 20.5 Å². The van der Waals surface area contributed by atoms with Crippen LogP contribution < -0.4 is 5.11 Å². The Morgan fingerprint density at radius 2 is 1.67 bits per heavy atom. The van der Waals surface area contributed by atoms with E-state index < -0.39 is 6.16 Å². The standard InChI is InChI=1S/CH2O3.La.O/c2-1(3)4;;/h(H2,2,3,4);;/q;+3;-2/p-1. The molecule has 0 spiro atoms. The molecule has 0 heterocycles. The van der Waals surface area contributed by atoms with Crippen LogP contribution in [0.5, 0.6) is 0 Å². The van der Waals surface area contributed by atoms with Gasteiger partial charge >= 0.3 is 35.6 Å². The zero-order valence-corrected chi connectivity index (χ0v) is 6.38. The Labute approximate surface area is 62.1 Å². The Kier molecular flexibility index (Phi) is 24.3. The smallest absolute Gasteiger partial charge is 2.00 e. The van der Waals surface area contributed by atoms with E-state index in [9.17, 15) is 0 Å². The number of hydrogen-bond acceptors (Lipinski definition) is 2. The quantitative estimate of drug-likeness (QED) is 0.549. The summed E-state index contributed by atoms with van der Waals surface area (Å²) in [4.78, 5) is 8.44. The topological polar surface area (TPSA) is 88.9 Å². The van der Waals surface area contributed by atoms with E-state index in [0.29, 0.717) is 0 Å². The van der Waals surface area contributed by atoms with E-state index in [1.54, 1.807) is 0 Å². The second-order valence-corrected chi connectivity index (χ2v) is 0.266. The van der Waals surface area contributed by atoms with Crippen LogP contribution in [0.4, 0.5) is 4.79 Å². The van der Waals surface area contributed by atoms with Crippen molar-refractivity contribution >= 4 is 6.16 Å². The van der Waals surface area contributed by atoms with Crippen LogP contribution >= 0.6 is 0 Å². The van der Waals surface area contributed by atoms with Crippen molar-refractivity contribution in [2.24, 2.45) is 0 Å². The van der Waals surface area contributed by atoms with Crippen LogP contribution in [-0.4, -0.2) is 11.3 Å². The summed E-state index contributed by atoms with van der Waals surface area (Å²) in [5, 5.41) is 15.3. The fraction of sp³-hybridized carbons (Fsp3) is 0. The second-order valence-electron chi connectivity index (χ2n) is 0.266. The molecular weight excluding hydrogens is 215 g/mol. The minimum absolute atomic E-state index is 0. The zero-order valence-electron chi connectivity index (χ0n) is 2.75. The molecule has 0 fully saturated rings. The molecule has 1 N–H and O–H groups in total. The maximum atomic E-state index is 8.44. The van der Waals surface area contributed by atoms with Crippen LogP contribution in [0.1, 0.15) is 0 Å². The fourth-order valence-corrected chi connectivity index (χ4v) is 0. The van der Waals surface area contributed by atoms with Gasteiger partial charge in [0.2, 0.25) is 6.16 Å². The van der Waals surface area contributed by atoms with Gasteiger partial charge in [-0.25, -0.2) is 0 Å². The Morgan fingerprint density at radius 1 is 1.67 bits per heavy atom. The molecule has 0 radical (unpaired) electrons. The van der Waals surface area contributed by atoms with E-state index in [4.69, 9.17) is 15.0 Å². The van der Waals surface area contributed by atoms with Crippen molar-refractivity contribution in [1.82, 2.24) is 0 Å². The molecule has 0 aromatic rings. The van der Waals surface area contributed by atoms with Gasteiger partial charge in [-0.05, 0) is 0 Å². The van der Waals surface area contributed by atoms with E-state index in [2.05, 4.69) is 0 Å². The molecule has 5 heteroatoms. The summed E-state index contributed by atoms with van der Waals surface area (Å²) in [5.74, 6) is 0. The second kappa shape index (κ2) is 9.06. The van der Waals surface area contributed by atoms with E-state index in [-0.39, 0.29) is 41.1 Å². The zero-order chi connectivity index (χ0) is 3.58. The van der Waals surface area contributed by atoms with Crippen LogP contribution in [-0.2, 0) is 5.48 Å². The monoisotopic (exact) mass is 216 g/mol. The van der Waals surface area contributed by atoms with Gasteiger partial charge in [-0.15, -0.1) is 0 Å². The molecule has 0 saturated carbocycles. The first-order chi connectivity index (χ1) is 1.73. The molecule has 0 unspecified atom stereocenters. The molecule has 32 valence electrons. The van der Waals surface area contributed by atoms with Crippen molar-refractivity contribution in [2.45, 2.75) is 0 Å². The third kappa shape index (κ3) is 288. The number of carboxylic acid groups (broad SMARTS) is 2. The summed E-state index contributed by atoms with van der Waals surface area (Å²) in [6.07, 6.45) is -2.08. The van der Waals surface area contributed by atoms with Crippen molar-refractivity contribution < 1.29 is 56.1 Å². The molecule has 0 saturated heterocycles. The third-order valence-corrected chi connectivity index (χ3v) is 0. The van der Waals surface area contributed by atoms with Crippen molar-refractivity contribution in [3.63, 3.8) is 0 Å². The first kappa shape index (κ1) is 16.1. The molecule has 0 amide bonds. The van der Waals surface area contributed by atoms with Gasteiger partial charge in [-0.1, -0.05) is 0 Å². The minimum atomic E-state index is -2.08. The summed E-state index contributed by atoms with van der Waals surface area (Å²) in [6, 6.07) is 0. The van der Waals surface area contributed by atoms with Gasteiger partial charge in [-0.3, -0.25) is 0 Å². The van der Waals surface area contributed by atoms with Gasteiger partial charge in [0.05, 0.1) is 0 Å². The van der Waals surface area contributed by atoms with E-state index in [1.165, 1.54) is 0 Å². The molecule has 0 aromatic carbocycles. The first-order valence-electron chi connectivity index (χ1n) is 0.632. The molecule has 6 heavy (non-hydrogen) atoms. The van der Waals surface area contributed by atoms with Crippen molar-refractivity contribution in [3.05, 3.63) is 0 Å². The van der Waals surface area contributed by atoms with Crippen molar-refractivity contribution in [1.29, 1.82) is 0 Å². The first-order valence-corrected chi connectivity index (χ1v) is 0.632.